The second-order valence-corrected chi connectivity index (χ2v) is 6.84. The Bertz CT molecular complexity index is 298. The molecule has 4 fully saturated rings. The van der Waals surface area contributed by atoms with Gasteiger partial charge in [-0.2, -0.15) is 5.26 Å². The Balaban J connectivity index is 1.75. The number of rotatable bonds is 2. The normalized spacial score (nSPS) is 45.7. The van der Waals surface area contributed by atoms with Crippen molar-refractivity contribution in [2.45, 2.75) is 57.5 Å². The number of hydrogen-bond acceptors (Lipinski definition) is 2. The summed E-state index contributed by atoms with van der Waals surface area (Å²) in [5.74, 6) is 3.77. The molecule has 16 heavy (non-hydrogen) atoms. The third-order valence-electron chi connectivity index (χ3n) is 5.03. The van der Waals surface area contributed by atoms with Crippen LogP contribution in [0.5, 0.6) is 0 Å². The first-order chi connectivity index (χ1) is 7.57. The van der Waals surface area contributed by atoms with Crippen LogP contribution in [0.15, 0.2) is 0 Å². The van der Waals surface area contributed by atoms with Crippen LogP contribution < -0.4 is 5.32 Å². The van der Waals surface area contributed by atoms with Crippen LogP contribution in [0.4, 0.5) is 0 Å². The molecule has 0 unspecified atom stereocenters. The molecule has 88 valence electrons. The van der Waals surface area contributed by atoms with E-state index in [1.165, 1.54) is 32.1 Å². The molecule has 0 heterocycles. The summed E-state index contributed by atoms with van der Waals surface area (Å²) in [6.45, 7) is 4.02. The van der Waals surface area contributed by atoms with Crippen molar-refractivity contribution in [3.63, 3.8) is 0 Å². The van der Waals surface area contributed by atoms with E-state index in [4.69, 9.17) is 5.26 Å². The standard InChI is InChI=1S/C14H22N2/c1-14(2,8-15)16-13-11-4-9-3-10(6-11)7-12(13)5-9/h9-13,16H,3-7H2,1-2H3. The van der Waals surface area contributed by atoms with Crippen molar-refractivity contribution in [2.75, 3.05) is 0 Å². The van der Waals surface area contributed by atoms with Crippen molar-refractivity contribution in [1.82, 2.24) is 5.32 Å². The quantitative estimate of drug-likeness (QED) is 0.773. The Labute approximate surface area is 98.4 Å². The minimum absolute atomic E-state index is 0.347. The van der Waals surface area contributed by atoms with Crippen molar-refractivity contribution in [3.05, 3.63) is 0 Å². The predicted molar refractivity (Wildman–Crippen MR) is 63.7 cm³/mol. The lowest BCUT2D eigenvalue weighted by Crippen LogP contribution is -2.59. The molecule has 4 aliphatic rings. The molecule has 0 saturated heterocycles. The van der Waals surface area contributed by atoms with Gasteiger partial charge in [0.05, 0.1) is 6.07 Å². The fraction of sp³-hybridized carbons (Fsp3) is 0.929. The number of nitrogens with zero attached hydrogens (tertiary/aromatic N) is 1. The summed E-state index contributed by atoms with van der Waals surface area (Å²) in [4.78, 5) is 0. The molecular formula is C14H22N2. The molecule has 0 aliphatic heterocycles. The van der Waals surface area contributed by atoms with Gasteiger partial charge in [-0.3, -0.25) is 5.32 Å². The second-order valence-electron chi connectivity index (χ2n) is 6.84. The van der Waals surface area contributed by atoms with Crippen LogP contribution in [0.25, 0.3) is 0 Å². The lowest BCUT2D eigenvalue weighted by Gasteiger charge is -2.55. The third kappa shape index (κ3) is 1.66. The van der Waals surface area contributed by atoms with E-state index < -0.39 is 0 Å². The molecule has 4 bridgehead atoms. The van der Waals surface area contributed by atoms with Crippen molar-refractivity contribution < 1.29 is 0 Å². The predicted octanol–water partition coefficient (Wildman–Crippen LogP) is 2.70. The smallest absolute Gasteiger partial charge is 0.101 e. The Kier molecular flexibility index (Phi) is 2.30. The summed E-state index contributed by atoms with van der Waals surface area (Å²) in [5, 5.41) is 12.8. The van der Waals surface area contributed by atoms with Gasteiger partial charge in [-0.05, 0) is 69.6 Å². The maximum absolute atomic E-state index is 9.14. The fourth-order valence-corrected chi connectivity index (χ4v) is 4.61. The van der Waals surface area contributed by atoms with Crippen LogP contribution >= 0.6 is 0 Å². The van der Waals surface area contributed by atoms with Gasteiger partial charge in [-0.25, -0.2) is 0 Å². The lowest BCUT2D eigenvalue weighted by atomic mass is 9.54. The molecule has 0 aromatic carbocycles. The van der Waals surface area contributed by atoms with E-state index in [0.717, 1.165) is 23.7 Å². The van der Waals surface area contributed by atoms with Crippen molar-refractivity contribution in [3.8, 4) is 6.07 Å². The molecule has 0 spiro atoms. The van der Waals surface area contributed by atoms with Crippen LogP contribution in [-0.2, 0) is 0 Å². The number of nitriles is 1. The van der Waals surface area contributed by atoms with Crippen LogP contribution in [0.1, 0.15) is 46.0 Å². The van der Waals surface area contributed by atoms with Gasteiger partial charge in [0, 0.05) is 6.04 Å². The minimum atomic E-state index is -0.347. The monoisotopic (exact) mass is 218 g/mol. The van der Waals surface area contributed by atoms with E-state index >= 15 is 0 Å². The van der Waals surface area contributed by atoms with Gasteiger partial charge in [0.25, 0.3) is 0 Å². The molecule has 2 nitrogen and oxygen atoms in total. The molecule has 4 rings (SSSR count). The second kappa shape index (κ2) is 3.47. The minimum Gasteiger partial charge on any atom is -0.296 e. The average molecular weight is 218 g/mol. The molecule has 0 radical (unpaired) electrons. The SMILES string of the molecule is CC(C)(C#N)NC1C2CC3CC(C2)CC1C3. The summed E-state index contributed by atoms with van der Waals surface area (Å²) in [6, 6.07) is 3.02. The Morgan fingerprint density at radius 3 is 1.94 bits per heavy atom. The van der Waals surface area contributed by atoms with E-state index in [1.54, 1.807) is 0 Å². The molecule has 0 atom stereocenters. The van der Waals surface area contributed by atoms with Crippen molar-refractivity contribution in [1.29, 1.82) is 5.26 Å². The van der Waals surface area contributed by atoms with Crippen LogP contribution in [0.3, 0.4) is 0 Å². The molecule has 0 aromatic heterocycles. The molecule has 4 saturated carbocycles. The summed E-state index contributed by atoms with van der Waals surface area (Å²) in [5.41, 5.74) is -0.347. The number of nitrogens with one attached hydrogen (secondary N) is 1. The van der Waals surface area contributed by atoms with E-state index in [-0.39, 0.29) is 5.54 Å². The topological polar surface area (TPSA) is 35.8 Å². The van der Waals surface area contributed by atoms with E-state index in [9.17, 15) is 0 Å². The van der Waals surface area contributed by atoms with E-state index in [2.05, 4.69) is 11.4 Å². The molecule has 0 amide bonds. The highest BCUT2D eigenvalue weighted by molar-refractivity contribution is 5.08. The highest BCUT2D eigenvalue weighted by Crippen LogP contribution is 2.53. The molecule has 1 N–H and O–H groups in total. The zero-order valence-corrected chi connectivity index (χ0v) is 10.4. The highest BCUT2D eigenvalue weighted by Gasteiger charge is 2.49. The van der Waals surface area contributed by atoms with Crippen LogP contribution in [-0.4, -0.2) is 11.6 Å². The van der Waals surface area contributed by atoms with Gasteiger partial charge >= 0.3 is 0 Å². The largest absolute Gasteiger partial charge is 0.296 e. The average Bonchev–Trinajstić information content (AvgIpc) is 2.22. The fourth-order valence-electron chi connectivity index (χ4n) is 4.61. The lowest BCUT2D eigenvalue weighted by molar-refractivity contribution is -0.0196. The zero-order valence-electron chi connectivity index (χ0n) is 10.4. The van der Waals surface area contributed by atoms with E-state index in [1.807, 2.05) is 13.8 Å². The maximum atomic E-state index is 9.14. The van der Waals surface area contributed by atoms with Gasteiger partial charge in [0.15, 0.2) is 0 Å². The van der Waals surface area contributed by atoms with E-state index in [0.29, 0.717) is 6.04 Å². The Morgan fingerprint density at radius 1 is 1.00 bits per heavy atom. The first-order valence-electron chi connectivity index (χ1n) is 6.76. The summed E-state index contributed by atoms with van der Waals surface area (Å²) in [7, 11) is 0. The van der Waals surface area contributed by atoms with Crippen molar-refractivity contribution in [2.24, 2.45) is 23.7 Å². The summed E-state index contributed by atoms with van der Waals surface area (Å²) < 4.78 is 0. The van der Waals surface area contributed by atoms with Crippen LogP contribution in [0.2, 0.25) is 0 Å². The van der Waals surface area contributed by atoms with Gasteiger partial charge < -0.3 is 0 Å². The van der Waals surface area contributed by atoms with Gasteiger partial charge in [0.2, 0.25) is 0 Å². The Morgan fingerprint density at radius 2 is 1.50 bits per heavy atom. The van der Waals surface area contributed by atoms with Gasteiger partial charge in [0.1, 0.15) is 5.54 Å². The first kappa shape index (κ1) is 10.6. The highest BCUT2D eigenvalue weighted by atomic mass is 15.0. The molecular weight excluding hydrogens is 196 g/mol. The van der Waals surface area contributed by atoms with Gasteiger partial charge in [-0.1, -0.05) is 0 Å². The summed E-state index contributed by atoms with van der Waals surface area (Å²) in [6.07, 6.45) is 7.19. The molecule has 4 aliphatic carbocycles. The van der Waals surface area contributed by atoms with Gasteiger partial charge in [-0.15, -0.1) is 0 Å². The Hall–Kier alpha value is -0.550. The molecule has 2 heteroatoms. The van der Waals surface area contributed by atoms with Crippen molar-refractivity contribution >= 4 is 0 Å². The molecule has 0 aromatic rings. The third-order valence-corrected chi connectivity index (χ3v) is 5.03. The van der Waals surface area contributed by atoms with Crippen LogP contribution in [0, 0.1) is 35.0 Å². The maximum Gasteiger partial charge on any atom is 0.101 e. The zero-order chi connectivity index (χ0) is 11.3. The summed E-state index contributed by atoms with van der Waals surface area (Å²) >= 11 is 0. The first-order valence-corrected chi connectivity index (χ1v) is 6.76. The number of hydrogen-bond donors (Lipinski definition) is 1.